The van der Waals surface area contributed by atoms with Gasteiger partial charge in [-0.1, -0.05) is 28.6 Å². The molecule has 0 aliphatic carbocycles. The van der Waals surface area contributed by atoms with E-state index in [1.165, 1.54) is 24.4 Å². The van der Waals surface area contributed by atoms with E-state index in [2.05, 4.69) is 40.8 Å². The maximum atomic E-state index is 14.9. The number of nitrogens with zero attached hydrogens (tertiary/aromatic N) is 7. The van der Waals surface area contributed by atoms with Gasteiger partial charge in [-0.15, -0.1) is 23.4 Å². The summed E-state index contributed by atoms with van der Waals surface area (Å²) in [5.74, 6) is -1.91. The lowest BCUT2D eigenvalue weighted by Crippen LogP contribution is -2.34. The maximum absolute atomic E-state index is 14.9. The summed E-state index contributed by atoms with van der Waals surface area (Å²) in [5, 5.41) is 19.2. The SMILES string of the molecule is O=C(NCc1cccc(OC(F)(F)F)c1)c1cn(CC(F)CCN(Cc2cccc(C(F)(F)F)n2)C(=O)c2c[nH]nn2)nn1. The molecule has 0 spiro atoms. The Bertz CT molecular complexity index is 1560. The predicted octanol–water partition coefficient (Wildman–Crippen LogP) is 3.71. The minimum absolute atomic E-state index is 0.0846. The fourth-order valence-corrected chi connectivity index (χ4v) is 3.85. The number of pyridine rings is 1. The predicted molar refractivity (Wildman–Crippen MR) is 134 cm³/mol. The van der Waals surface area contributed by atoms with E-state index in [0.29, 0.717) is 5.56 Å². The van der Waals surface area contributed by atoms with E-state index in [0.717, 1.165) is 40.0 Å². The van der Waals surface area contributed by atoms with E-state index in [4.69, 9.17) is 0 Å². The van der Waals surface area contributed by atoms with Gasteiger partial charge in [-0.3, -0.25) is 14.7 Å². The van der Waals surface area contributed by atoms with Crippen LogP contribution in [0.4, 0.5) is 30.7 Å². The molecule has 12 nitrogen and oxygen atoms in total. The largest absolute Gasteiger partial charge is 0.573 e. The van der Waals surface area contributed by atoms with Crippen molar-refractivity contribution < 1.29 is 45.1 Å². The summed E-state index contributed by atoms with van der Waals surface area (Å²) >= 11 is 0. The van der Waals surface area contributed by atoms with Gasteiger partial charge in [0.15, 0.2) is 11.4 Å². The smallest absolute Gasteiger partial charge is 0.406 e. The van der Waals surface area contributed by atoms with Gasteiger partial charge in [0.1, 0.15) is 17.6 Å². The zero-order chi connectivity index (χ0) is 31.9. The van der Waals surface area contributed by atoms with Crippen molar-refractivity contribution in [3.63, 3.8) is 0 Å². The molecule has 0 radical (unpaired) electrons. The zero-order valence-electron chi connectivity index (χ0n) is 22.3. The number of carbonyl (C=O) groups is 2. The summed E-state index contributed by atoms with van der Waals surface area (Å²) in [6.45, 7) is -1.17. The van der Waals surface area contributed by atoms with Crippen LogP contribution < -0.4 is 10.1 Å². The number of carbonyl (C=O) groups excluding carboxylic acids is 2. The van der Waals surface area contributed by atoms with Crippen LogP contribution in [-0.2, 0) is 25.8 Å². The molecule has 234 valence electrons. The molecule has 2 amide bonds. The molecule has 0 fully saturated rings. The summed E-state index contributed by atoms with van der Waals surface area (Å²) in [4.78, 5) is 29.9. The average Bonchev–Trinajstić information content (AvgIpc) is 3.66. The van der Waals surface area contributed by atoms with Crippen molar-refractivity contribution in [1.82, 2.24) is 45.6 Å². The Morgan fingerprint density at radius 2 is 1.82 bits per heavy atom. The van der Waals surface area contributed by atoms with Crippen molar-refractivity contribution in [1.29, 1.82) is 0 Å². The average molecular weight is 629 g/mol. The highest BCUT2D eigenvalue weighted by Crippen LogP contribution is 2.28. The molecule has 0 bridgehead atoms. The van der Waals surface area contributed by atoms with Crippen LogP contribution in [0, 0.1) is 0 Å². The number of halogens is 7. The number of ether oxygens (including phenoxy) is 1. The molecule has 1 aromatic carbocycles. The van der Waals surface area contributed by atoms with Crippen molar-refractivity contribution in [3.05, 3.63) is 83.2 Å². The van der Waals surface area contributed by atoms with Crippen LogP contribution in [0.1, 0.15) is 44.3 Å². The first-order valence-corrected chi connectivity index (χ1v) is 12.6. The molecule has 4 rings (SSSR count). The lowest BCUT2D eigenvalue weighted by atomic mass is 10.2. The molecule has 4 aromatic rings. The number of rotatable bonds is 12. The molecular formula is C25H22F7N9O3. The fraction of sp³-hybridized carbons (Fsp3) is 0.320. The Morgan fingerprint density at radius 1 is 1.05 bits per heavy atom. The van der Waals surface area contributed by atoms with Gasteiger partial charge in [-0.2, -0.15) is 13.2 Å². The summed E-state index contributed by atoms with van der Waals surface area (Å²) in [6, 6.07) is 8.19. The molecule has 1 unspecified atom stereocenters. The minimum atomic E-state index is -4.88. The first kappa shape index (κ1) is 31.8. The molecule has 0 aliphatic rings. The van der Waals surface area contributed by atoms with E-state index < -0.39 is 42.0 Å². The summed E-state index contributed by atoms with van der Waals surface area (Å²) in [5.41, 5.74) is -1.26. The van der Waals surface area contributed by atoms with E-state index in [-0.39, 0.29) is 49.7 Å². The first-order valence-electron chi connectivity index (χ1n) is 12.6. The van der Waals surface area contributed by atoms with Crippen LogP contribution in [0.3, 0.4) is 0 Å². The monoisotopic (exact) mass is 629 g/mol. The van der Waals surface area contributed by atoms with Gasteiger partial charge in [0, 0.05) is 13.1 Å². The number of nitrogens with one attached hydrogen (secondary N) is 2. The number of benzene rings is 1. The number of aromatic amines is 1. The standard InChI is InChI=1S/C25H22F7N9O3/c26-16(7-8-40(23(43)19-11-34-38-36-19)13-17-4-2-6-21(35-17)24(27,28)29)12-41-14-20(37-39-41)22(42)33-10-15-3-1-5-18(9-15)44-25(30,31)32/h1-6,9,11,14,16H,7-8,10,12-13H2,(H,33,42)(H,34,36,38). The number of aromatic nitrogens is 7. The quantitative estimate of drug-likeness (QED) is 0.226. The van der Waals surface area contributed by atoms with Gasteiger partial charge in [-0.05, 0) is 36.2 Å². The number of H-pyrrole nitrogens is 1. The second-order valence-electron chi connectivity index (χ2n) is 9.19. The Balaban J connectivity index is 1.33. The Hall–Kier alpha value is -5.10. The third-order valence-corrected chi connectivity index (χ3v) is 5.83. The molecule has 2 N–H and O–H groups in total. The van der Waals surface area contributed by atoms with Gasteiger partial charge in [0.25, 0.3) is 11.8 Å². The Labute approximate surface area is 243 Å². The molecule has 0 aliphatic heterocycles. The van der Waals surface area contributed by atoms with Gasteiger partial charge < -0.3 is 15.0 Å². The van der Waals surface area contributed by atoms with Crippen molar-refractivity contribution >= 4 is 11.8 Å². The highest BCUT2D eigenvalue weighted by molar-refractivity contribution is 5.92. The summed E-state index contributed by atoms with van der Waals surface area (Å²) in [7, 11) is 0. The van der Waals surface area contributed by atoms with E-state index in [1.54, 1.807) is 0 Å². The highest BCUT2D eigenvalue weighted by Gasteiger charge is 2.33. The van der Waals surface area contributed by atoms with Gasteiger partial charge in [0.2, 0.25) is 0 Å². The molecule has 3 aromatic heterocycles. The molecule has 3 heterocycles. The number of amides is 2. The van der Waals surface area contributed by atoms with E-state index in [9.17, 15) is 40.3 Å². The van der Waals surface area contributed by atoms with Crippen LogP contribution in [0.15, 0.2) is 54.9 Å². The van der Waals surface area contributed by atoms with Crippen LogP contribution in [0.5, 0.6) is 5.75 Å². The Morgan fingerprint density at radius 3 is 2.52 bits per heavy atom. The lowest BCUT2D eigenvalue weighted by Gasteiger charge is -2.22. The van der Waals surface area contributed by atoms with Crippen LogP contribution in [0.25, 0.3) is 0 Å². The van der Waals surface area contributed by atoms with E-state index in [1.807, 2.05) is 0 Å². The molecule has 0 saturated heterocycles. The second kappa shape index (κ2) is 13.5. The molecule has 19 heteroatoms. The lowest BCUT2D eigenvalue weighted by molar-refractivity contribution is -0.274. The summed E-state index contributed by atoms with van der Waals surface area (Å²) < 4.78 is 96.4. The third kappa shape index (κ3) is 9.20. The number of alkyl halides is 7. The highest BCUT2D eigenvalue weighted by atomic mass is 19.4. The van der Waals surface area contributed by atoms with Crippen molar-refractivity contribution in [2.45, 2.75) is 44.8 Å². The van der Waals surface area contributed by atoms with Gasteiger partial charge >= 0.3 is 12.5 Å². The Kier molecular flexibility index (Phi) is 9.74. The van der Waals surface area contributed by atoms with Crippen molar-refractivity contribution in [2.24, 2.45) is 0 Å². The molecular weight excluding hydrogens is 607 g/mol. The third-order valence-electron chi connectivity index (χ3n) is 5.83. The van der Waals surface area contributed by atoms with Crippen molar-refractivity contribution in [2.75, 3.05) is 6.54 Å². The zero-order valence-corrected chi connectivity index (χ0v) is 22.3. The van der Waals surface area contributed by atoms with Crippen LogP contribution >= 0.6 is 0 Å². The second-order valence-corrected chi connectivity index (χ2v) is 9.19. The molecule has 0 saturated carbocycles. The van der Waals surface area contributed by atoms with Crippen LogP contribution in [-0.4, -0.2) is 71.2 Å². The summed E-state index contributed by atoms with van der Waals surface area (Å²) in [6.07, 6.45) is -9.16. The number of hydrogen-bond donors (Lipinski definition) is 2. The topological polar surface area (TPSA) is 144 Å². The fourth-order valence-electron chi connectivity index (χ4n) is 3.85. The minimum Gasteiger partial charge on any atom is -0.406 e. The van der Waals surface area contributed by atoms with Crippen molar-refractivity contribution in [3.8, 4) is 5.75 Å². The maximum Gasteiger partial charge on any atom is 0.573 e. The molecule has 44 heavy (non-hydrogen) atoms. The first-order chi connectivity index (χ1) is 20.8. The number of hydrogen-bond acceptors (Lipinski definition) is 8. The van der Waals surface area contributed by atoms with E-state index >= 15 is 0 Å². The molecule has 1 atom stereocenters. The van der Waals surface area contributed by atoms with Gasteiger partial charge in [0.05, 0.1) is 31.2 Å². The normalized spacial score (nSPS) is 12.5. The van der Waals surface area contributed by atoms with Gasteiger partial charge in [-0.25, -0.2) is 14.1 Å². The van der Waals surface area contributed by atoms with Crippen LogP contribution in [0.2, 0.25) is 0 Å².